The van der Waals surface area contributed by atoms with E-state index in [0.29, 0.717) is 6.04 Å². The van der Waals surface area contributed by atoms with Crippen molar-refractivity contribution in [3.8, 4) is 5.75 Å². The van der Waals surface area contributed by atoms with Crippen molar-refractivity contribution < 1.29 is 4.74 Å². The maximum absolute atomic E-state index is 5.20. The summed E-state index contributed by atoms with van der Waals surface area (Å²) in [6.45, 7) is 6.42. The Hall–Kier alpha value is -1.80. The van der Waals surface area contributed by atoms with Gasteiger partial charge in [-0.1, -0.05) is 30.3 Å². The first-order chi connectivity index (χ1) is 9.69. The fourth-order valence-electron chi connectivity index (χ4n) is 2.20. The minimum Gasteiger partial charge on any atom is -0.497 e. The van der Waals surface area contributed by atoms with Gasteiger partial charge in [0.2, 0.25) is 0 Å². The van der Waals surface area contributed by atoms with Crippen molar-refractivity contribution in [2.45, 2.75) is 33.0 Å². The molecule has 0 aromatic heterocycles. The number of nitrogens with zero attached hydrogens (tertiary/aromatic N) is 1. The van der Waals surface area contributed by atoms with Gasteiger partial charge in [0.15, 0.2) is 0 Å². The van der Waals surface area contributed by atoms with E-state index in [2.05, 4.69) is 61.2 Å². The summed E-state index contributed by atoms with van der Waals surface area (Å²) in [5.41, 5.74) is 2.67. The van der Waals surface area contributed by atoms with Crippen LogP contribution in [0.25, 0.3) is 0 Å². The molecule has 20 heavy (non-hydrogen) atoms. The number of hydrogen-bond donors (Lipinski definition) is 0. The van der Waals surface area contributed by atoms with Crippen molar-refractivity contribution in [2.24, 2.45) is 0 Å². The Balaban J connectivity index is 2.05. The monoisotopic (exact) mass is 269 g/mol. The van der Waals surface area contributed by atoms with E-state index in [1.54, 1.807) is 7.11 Å². The van der Waals surface area contributed by atoms with Crippen LogP contribution in [-0.4, -0.2) is 13.2 Å². The summed E-state index contributed by atoms with van der Waals surface area (Å²) in [4.78, 5) is 2.47. The molecule has 0 spiro atoms. The lowest BCUT2D eigenvalue weighted by Gasteiger charge is -2.16. The first-order valence-electron chi connectivity index (χ1n) is 7.10. The highest BCUT2D eigenvalue weighted by Gasteiger charge is 2.20. The molecule has 0 heterocycles. The molecular weight excluding hydrogens is 246 g/mol. The summed E-state index contributed by atoms with van der Waals surface area (Å²) >= 11 is 0. The zero-order valence-corrected chi connectivity index (χ0v) is 12.5. The lowest BCUT2D eigenvalue weighted by Crippen LogP contribution is -2.35. The third kappa shape index (κ3) is 4.10. The minimum absolute atomic E-state index is 0.511. The largest absolute Gasteiger partial charge is 0.497 e. The summed E-state index contributed by atoms with van der Waals surface area (Å²) in [5.74, 6) is 0.910. The summed E-state index contributed by atoms with van der Waals surface area (Å²) in [6, 6.07) is 19.5. The van der Waals surface area contributed by atoms with Crippen molar-refractivity contribution in [1.29, 1.82) is 0 Å². The molecule has 0 aliphatic carbocycles. The Labute approximate surface area is 122 Å². The van der Waals surface area contributed by atoms with Crippen molar-refractivity contribution in [3.63, 3.8) is 0 Å². The quantitative estimate of drug-likeness (QED) is 0.725. The molecule has 0 unspecified atom stereocenters. The molecule has 0 aliphatic rings. The molecule has 2 nitrogen and oxygen atoms in total. The van der Waals surface area contributed by atoms with Gasteiger partial charge >= 0.3 is 0 Å². The Kier molecular flexibility index (Phi) is 5.19. The number of ether oxygens (including phenoxy) is 1. The third-order valence-electron chi connectivity index (χ3n) is 3.50. The van der Waals surface area contributed by atoms with Crippen molar-refractivity contribution in [3.05, 3.63) is 65.7 Å². The van der Waals surface area contributed by atoms with Crippen LogP contribution >= 0.6 is 0 Å². The number of benzene rings is 2. The zero-order chi connectivity index (χ0) is 14.4. The van der Waals surface area contributed by atoms with Gasteiger partial charge in [0.05, 0.1) is 7.11 Å². The van der Waals surface area contributed by atoms with Gasteiger partial charge in [-0.3, -0.25) is 0 Å². The SMILES string of the molecule is COc1ccc(C[N+](Cc2ccccc2)C(C)C)cc1. The molecule has 2 heteroatoms. The van der Waals surface area contributed by atoms with E-state index in [4.69, 9.17) is 4.74 Å². The molecule has 105 valence electrons. The van der Waals surface area contributed by atoms with Crippen LogP contribution in [0.1, 0.15) is 25.0 Å². The highest BCUT2D eigenvalue weighted by Crippen LogP contribution is 2.14. The molecule has 0 bridgehead atoms. The van der Waals surface area contributed by atoms with Crippen LogP contribution < -0.4 is 9.64 Å². The smallest absolute Gasteiger partial charge is 0.148 e. The fraction of sp³-hybridized carbons (Fsp3) is 0.333. The first kappa shape index (κ1) is 14.6. The molecule has 0 N–H and O–H groups in total. The van der Waals surface area contributed by atoms with Gasteiger partial charge in [-0.05, 0) is 38.1 Å². The van der Waals surface area contributed by atoms with Crippen LogP contribution in [0.15, 0.2) is 54.6 Å². The van der Waals surface area contributed by atoms with Crippen LogP contribution in [-0.2, 0) is 13.1 Å². The maximum Gasteiger partial charge on any atom is 0.148 e. The molecule has 0 aliphatic heterocycles. The second-order valence-electron chi connectivity index (χ2n) is 5.33. The standard InChI is InChI=1S/C18H23NO/c1-15(2)19(13-16-7-5-4-6-8-16)14-17-9-11-18(20-3)12-10-17/h4-12,15H,13-14H2,1-3H3/q+1. The Bertz CT molecular complexity index is 505. The van der Waals surface area contributed by atoms with Crippen LogP contribution in [0.4, 0.5) is 0 Å². The molecule has 0 atom stereocenters. The normalized spacial score (nSPS) is 11.1. The van der Waals surface area contributed by atoms with Crippen LogP contribution in [0.2, 0.25) is 0 Å². The van der Waals surface area contributed by atoms with Gasteiger partial charge in [-0.25, -0.2) is 0 Å². The minimum atomic E-state index is 0.511. The van der Waals surface area contributed by atoms with E-state index in [1.165, 1.54) is 11.1 Å². The highest BCUT2D eigenvalue weighted by molar-refractivity contribution is 5.27. The molecule has 0 saturated carbocycles. The number of hydrogen-bond acceptors (Lipinski definition) is 2. The molecule has 0 fully saturated rings. The zero-order valence-electron chi connectivity index (χ0n) is 12.5. The molecule has 0 saturated heterocycles. The van der Waals surface area contributed by atoms with Gasteiger partial charge in [-0.2, -0.15) is 4.90 Å². The highest BCUT2D eigenvalue weighted by atomic mass is 16.5. The van der Waals surface area contributed by atoms with E-state index in [-0.39, 0.29) is 0 Å². The third-order valence-corrected chi connectivity index (χ3v) is 3.50. The second kappa shape index (κ2) is 7.11. The van der Waals surface area contributed by atoms with E-state index in [9.17, 15) is 0 Å². The molecule has 2 aromatic carbocycles. The van der Waals surface area contributed by atoms with Crippen molar-refractivity contribution in [2.75, 3.05) is 7.11 Å². The van der Waals surface area contributed by atoms with E-state index in [1.807, 2.05) is 12.1 Å². The van der Waals surface area contributed by atoms with Gasteiger partial charge in [0, 0.05) is 11.1 Å². The summed E-state index contributed by atoms with van der Waals surface area (Å²) < 4.78 is 5.20. The van der Waals surface area contributed by atoms with Crippen molar-refractivity contribution >= 4 is 0 Å². The molecule has 0 amide bonds. The van der Waals surface area contributed by atoms with E-state index >= 15 is 0 Å². The molecule has 2 aromatic rings. The molecule has 1 radical (unpaired) electrons. The van der Waals surface area contributed by atoms with Gasteiger partial charge < -0.3 is 4.74 Å². The average molecular weight is 269 g/mol. The second-order valence-corrected chi connectivity index (χ2v) is 5.33. The molecule has 2 rings (SSSR count). The lowest BCUT2D eigenvalue weighted by atomic mass is 10.1. The predicted octanol–water partition coefficient (Wildman–Crippen LogP) is 3.94. The molecular formula is C18H23NO+. The summed E-state index contributed by atoms with van der Waals surface area (Å²) in [7, 11) is 1.70. The predicted molar refractivity (Wildman–Crippen MR) is 84.1 cm³/mol. The number of methoxy groups -OCH3 is 1. The average Bonchev–Trinajstić information content (AvgIpc) is 2.48. The van der Waals surface area contributed by atoms with E-state index in [0.717, 1.165) is 18.8 Å². The Morgan fingerprint density at radius 2 is 1.40 bits per heavy atom. The van der Waals surface area contributed by atoms with E-state index < -0.39 is 0 Å². The first-order valence-corrected chi connectivity index (χ1v) is 7.10. The lowest BCUT2D eigenvalue weighted by molar-refractivity contribution is 0.335. The summed E-state index contributed by atoms with van der Waals surface area (Å²) in [6.07, 6.45) is 0. The summed E-state index contributed by atoms with van der Waals surface area (Å²) in [5, 5.41) is 0. The van der Waals surface area contributed by atoms with Crippen LogP contribution in [0, 0.1) is 0 Å². The fourth-order valence-corrected chi connectivity index (χ4v) is 2.20. The van der Waals surface area contributed by atoms with Gasteiger partial charge in [-0.15, -0.1) is 0 Å². The van der Waals surface area contributed by atoms with Gasteiger partial charge in [0.1, 0.15) is 24.9 Å². The topological polar surface area (TPSA) is 15.1 Å². The van der Waals surface area contributed by atoms with Crippen LogP contribution in [0.3, 0.4) is 0 Å². The maximum atomic E-state index is 5.20. The van der Waals surface area contributed by atoms with Crippen molar-refractivity contribution in [1.82, 2.24) is 4.90 Å². The Morgan fingerprint density at radius 3 is 1.90 bits per heavy atom. The number of rotatable bonds is 6. The Morgan fingerprint density at radius 1 is 0.850 bits per heavy atom. The van der Waals surface area contributed by atoms with Gasteiger partial charge in [0.25, 0.3) is 0 Å². The van der Waals surface area contributed by atoms with Crippen LogP contribution in [0.5, 0.6) is 5.75 Å².